The molecule has 0 bridgehead atoms. The van der Waals surface area contributed by atoms with Crippen molar-refractivity contribution < 1.29 is 5.11 Å². The molecule has 0 radical (unpaired) electrons. The summed E-state index contributed by atoms with van der Waals surface area (Å²) in [6, 6.07) is 0.835. The molecule has 0 saturated heterocycles. The van der Waals surface area contributed by atoms with E-state index in [0.29, 0.717) is 12.1 Å². The van der Waals surface area contributed by atoms with Crippen LogP contribution in [-0.2, 0) is 0 Å². The number of aromatic nitrogens is 4. The van der Waals surface area contributed by atoms with Crippen LogP contribution in [0, 0.1) is 0 Å². The van der Waals surface area contributed by atoms with Crippen LogP contribution in [0.2, 0.25) is 0 Å². The fraction of sp³-hybridized carbons (Fsp3) is 0.900. The molecule has 1 aromatic heterocycles. The zero-order chi connectivity index (χ0) is 12.1. The summed E-state index contributed by atoms with van der Waals surface area (Å²) in [6.45, 7) is 3.20. The van der Waals surface area contributed by atoms with E-state index < -0.39 is 0 Å². The van der Waals surface area contributed by atoms with E-state index in [-0.39, 0.29) is 6.61 Å². The van der Waals surface area contributed by atoms with Gasteiger partial charge >= 0.3 is 0 Å². The summed E-state index contributed by atoms with van der Waals surface area (Å²) < 4.78 is 1.92. The van der Waals surface area contributed by atoms with Gasteiger partial charge in [-0.05, 0) is 36.2 Å². The fourth-order valence-electron chi connectivity index (χ4n) is 1.69. The predicted octanol–water partition coefficient (Wildman–Crippen LogP) is 0.461. The lowest BCUT2D eigenvalue weighted by atomic mass is 10.2. The standard InChI is InChI=1S/C10H19N5OS/c1-2-11-8(5-6-16)7-17-10-12-13-14-15(10)9-3-4-9/h8-9,11,16H,2-7H2,1H3. The van der Waals surface area contributed by atoms with Crippen molar-refractivity contribution in [2.75, 3.05) is 18.9 Å². The van der Waals surface area contributed by atoms with Gasteiger partial charge in [-0.25, -0.2) is 4.68 Å². The minimum absolute atomic E-state index is 0.214. The molecular formula is C10H19N5OS. The third-order valence-electron chi connectivity index (χ3n) is 2.74. The number of nitrogens with one attached hydrogen (secondary N) is 1. The highest BCUT2D eigenvalue weighted by atomic mass is 32.2. The van der Waals surface area contributed by atoms with Crippen LogP contribution in [0.5, 0.6) is 0 Å². The Labute approximate surface area is 105 Å². The van der Waals surface area contributed by atoms with Gasteiger partial charge in [-0.3, -0.25) is 0 Å². The smallest absolute Gasteiger partial charge is 0.209 e. The van der Waals surface area contributed by atoms with Crippen molar-refractivity contribution in [2.24, 2.45) is 0 Å². The monoisotopic (exact) mass is 257 g/mol. The van der Waals surface area contributed by atoms with Crippen molar-refractivity contribution in [1.29, 1.82) is 0 Å². The first-order valence-electron chi connectivity index (χ1n) is 6.10. The van der Waals surface area contributed by atoms with E-state index in [1.165, 1.54) is 12.8 Å². The van der Waals surface area contributed by atoms with Gasteiger partial charge in [0, 0.05) is 18.4 Å². The summed E-state index contributed by atoms with van der Waals surface area (Å²) in [5, 5.41) is 25.0. The molecule has 2 rings (SSSR count). The first-order chi connectivity index (χ1) is 8.35. The van der Waals surface area contributed by atoms with Crippen molar-refractivity contribution in [3.8, 4) is 0 Å². The van der Waals surface area contributed by atoms with Gasteiger partial charge in [0.2, 0.25) is 5.16 Å². The molecule has 2 N–H and O–H groups in total. The largest absolute Gasteiger partial charge is 0.396 e. The third-order valence-corrected chi connectivity index (χ3v) is 3.84. The van der Waals surface area contributed by atoms with E-state index in [0.717, 1.165) is 23.9 Å². The summed E-state index contributed by atoms with van der Waals surface area (Å²) in [7, 11) is 0. The third kappa shape index (κ3) is 3.65. The van der Waals surface area contributed by atoms with Gasteiger partial charge < -0.3 is 10.4 Å². The molecule has 0 aromatic carbocycles. The van der Waals surface area contributed by atoms with Gasteiger partial charge in [0.05, 0.1) is 6.04 Å². The summed E-state index contributed by atoms with van der Waals surface area (Å²) in [4.78, 5) is 0. The SMILES string of the molecule is CCNC(CCO)CSc1nnnn1C1CC1. The van der Waals surface area contributed by atoms with Crippen LogP contribution in [0.4, 0.5) is 0 Å². The number of hydrogen-bond donors (Lipinski definition) is 2. The molecule has 1 heterocycles. The normalized spacial score (nSPS) is 17.3. The molecule has 0 aliphatic heterocycles. The van der Waals surface area contributed by atoms with Crippen molar-refractivity contribution >= 4 is 11.8 Å². The molecule has 0 amide bonds. The minimum atomic E-state index is 0.214. The highest BCUT2D eigenvalue weighted by Gasteiger charge is 2.28. The van der Waals surface area contributed by atoms with Crippen LogP contribution in [-0.4, -0.2) is 50.3 Å². The number of nitrogens with zero attached hydrogens (tertiary/aromatic N) is 4. The zero-order valence-corrected chi connectivity index (χ0v) is 10.9. The van der Waals surface area contributed by atoms with Crippen LogP contribution in [0.25, 0.3) is 0 Å². The van der Waals surface area contributed by atoms with E-state index in [9.17, 15) is 0 Å². The Morgan fingerprint density at radius 3 is 3.06 bits per heavy atom. The number of aliphatic hydroxyl groups is 1. The first kappa shape index (κ1) is 12.8. The van der Waals surface area contributed by atoms with Crippen molar-refractivity contribution in [2.45, 2.75) is 43.4 Å². The average molecular weight is 257 g/mol. The molecule has 1 aliphatic carbocycles. The Morgan fingerprint density at radius 1 is 1.59 bits per heavy atom. The van der Waals surface area contributed by atoms with Crippen LogP contribution in [0.3, 0.4) is 0 Å². The van der Waals surface area contributed by atoms with E-state index in [1.807, 2.05) is 4.68 Å². The van der Waals surface area contributed by atoms with Gasteiger partial charge in [0.25, 0.3) is 0 Å². The molecular weight excluding hydrogens is 238 g/mol. The number of rotatable bonds is 8. The molecule has 0 spiro atoms. The van der Waals surface area contributed by atoms with Crippen LogP contribution in [0.1, 0.15) is 32.2 Å². The van der Waals surface area contributed by atoms with Crippen LogP contribution >= 0.6 is 11.8 Å². The molecule has 1 saturated carbocycles. The van der Waals surface area contributed by atoms with Crippen LogP contribution in [0.15, 0.2) is 5.16 Å². The van der Waals surface area contributed by atoms with Crippen LogP contribution < -0.4 is 5.32 Å². The topological polar surface area (TPSA) is 75.9 Å². The van der Waals surface area contributed by atoms with Gasteiger partial charge in [0.15, 0.2) is 0 Å². The Balaban J connectivity index is 1.84. The second kappa shape index (κ2) is 6.32. The van der Waals surface area contributed by atoms with Crippen molar-refractivity contribution in [3.63, 3.8) is 0 Å². The van der Waals surface area contributed by atoms with Gasteiger partial charge in [-0.15, -0.1) is 5.10 Å². The Kier molecular flexibility index (Phi) is 4.75. The molecule has 1 aliphatic rings. The lowest BCUT2D eigenvalue weighted by Crippen LogP contribution is -2.32. The second-order valence-electron chi connectivity index (χ2n) is 4.22. The first-order valence-corrected chi connectivity index (χ1v) is 7.08. The summed E-state index contributed by atoms with van der Waals surface area (Å²) in [5.41, 5.74) is 0. The molecule has 1 atom stereocenters. The average Bonchev–Trinajstić information content (AvgIpc) is 3.06. The van der Waals surface area contributed by atoms with Gasteiger partial charge in [-0.1, -0.05) is 18.7 Å². The summed E-state index contributed by atoms with van der Waals surface area (Å²) >= 11 is 1.66. The lowest BCUT2D eigenvalue weighted by molar-refractivity contribution is 0.271. The highest BCUT2D eigenvalue weighted by molar-refractivity contribution is 7.99. The summed E-state index contributed by atoms with van der Waals surface area (Å²) in [5.74, 6) is 0.890. The second-order valence-corrected chi connectivity index (χ2v) is 5.20. The number of aliphatic hydroxyl groups excluding tert-OH is 1. The van der Waals surface area contributed by atoms with Gasteiger partial charge in [0.1, 0.15) is 0 Å². The molecule has 17 heavy (non-hydrogen) atoms. The minimum Gasteiger partial charge on any atom is -0.396 e. The number of tetrazole rings is 1. The molecule has 6 nitrogen and oxygen atoms in total. The maximum atomic E-state index is 8.98. The maximum Gasteiger partial charge on any atom is 0.209 e. The van der Waals surface area contributed by atoms with E-state index >= 15 is 0 Å². The summed E-state index contributed by atoms with van der Waals surface area (Å²) in [6.07, 6.45) is 3.14. The van der Waals surface area contributed by atoms with E-state index in [1.54, 1.807) is 11.8 Å². The Morgan fingerprint density at radius 2 is 2.41 bits per heavy atom. The number of thioether (sulfide) groups is 1. The van der Waals surface area contributed by atoms with Crippen molar-refractivity contribution in [1.82, 2.24) is 25.5 Å². The molecule has 1 aromatic rings. The quantitative estimate of drug-likeness (QED) is 0.659. The Bertz CT molecular complexity index is 335. The highest BCUT2D eigenvalue weighted by Crippen LogP contribution is 2.36. The molecule has 96 valence electrons. The lowest BCUT2D eigenvalue weighted by Gasteiger charge is -2.15. The number of hydrogen-bond acceptors (Lipinski definition) is 6. The van der Waals surface area contributed by atoms with E-state index in [4.69, 9.17) is 5.11 Å². The van der Waals surface area contributed by atoms with E-state index in [2.05, 4.69) is 27.8 Å². The zero-order valence-electron chi connectivity index (χ0n) is 10.0. The molecule has 1 fully saturated rings. The predicted molar refractivity (Wildman–Crippen MR) is 66.0 cm³/mol. The molecule has 1 unspecified atom stereocenters. The maximum absolute atomic E-state index is 8.98. The molecule has 7 heteroatoms. The Hall–Kier alpha value is -0.660. The van der Waals surface area contributed by atoms with Gasteiger partial charge in [-0.2, -0.15) is 0 Å². The van der Waals surface area contributed by atoms with Crippen molar-refractivity contribution in [3.05, 3.63) is 0 Å². The fourth-order valence-corrected chi connectivity index (χ4v) is 2.74.